The highest BCUT2D eigenvalue weighted by Crippen LogP contribution is 2.25. The van der Waals surface area contributed by atoms with E-state index < -0.39 is 30.9 Å². The second-order valence-corrected chi connectivity index (χ2v) is 11.1. The van der Waals surface area contributed by atoms with Crippen LogP contribution < -0.4 is 5.32 Å². The maximum atomic E-state index is 13.5. The highest BCUT2D eigenvalue weighted by molar-refractivity contribution is 6.41. The number of hydrogen-bond acceptors (Lipinski definition) is 8. The van der Waals surface area contributed by atoms with Gasteiger partial charge in [0.15, 0.2) is 0 Å². The van der Waals surface area contributed by atoms with Crippen molar-refractivity contribution in [3.05, 3.63) is 47.5 Å². The average Bonchev–Trinajstić information content (AvgIpc) is 3.11. The number of morpholine rings is 1. The van der Waals surface area contributed by atoms with Crippen molar-refractivity contribution in [2.24, 2.45) is 0 Å². The third-order valence-electron chi connectivity index (χ3n) is 7.21. The Labute approximate surface area is 231 Å². The molecule has 2 aliphatic heterocycles. The van der Waals surface area contributed by atoms with E-state index in [1.54, 1.807) is 35.2 Å². The molecular weight excluding hydrogens is 499 g/mol. The molecule has 3 rings (SSSR count). The zero-order chi connectivity index (χ0) is 28.6. The lowest BCUT2D eigenvalue weighted by atomic mass is 9.79. The Morgan fingerprint density at radius 3 is 2.49 bits per heavy atom. The van der Waals surface area contributed by atoms with Crippen molar-refractivity contribution in [3.8, 4) is 6.07 Å². The lowest BCUT2D eigenvalue weighted by Crippen LogP contribution is -2.54. The van der Waals surface area contributed by atoms with E-state index in [1.807, 2.05) is 33.8 Å². The van der Waals surface area contributed by atoms with Gasteiger partial charge < -0.3 is 29.7 Å². The van der Waals surface area contributed by atoms with E-state index >= 15 is 0 Å². The minimum atomic E-state index is -1.61. The van der Waals surface area contributed by atoms with Crippen LogP contribution in [0.1, 0.15) is 58.6 Å². The summed E-state index contributed by atoms with van der Waals surface area (Å²) in [5.41, 5.74) is 0.256. The van der Waals surface area contributed by atoms with E-state index in [0.29, 0.717) is 26.1 Å². The molecule has 0 aliphatic carbocycles. The summed E-state index contributed by atoms with van der Waals surface area (Å²) in [7, 11) is -1.61. The molecule has 39 heavy (non-hydrogen) atoms. The van der Waals surface area contributed by atoms with Gasteiger partial charge in [-0.25, -0.2) is 4.79 Å². The summed E-state index contributed by atoms with van der Waals surface area (Å²) in [6, 6.07) is 10.5. The monoisotopic (exact) mass is 540 g/mol. The molecule has 4 atom stereocenters. The Balaban J connectivity index is 1.67. The second kappa shape index (κ2) is 13.9. The van der Waals surface area contributed by atoms with Crippen LogP contribution >= 0.6 is 0 Å². The van der Waals surface area contributed by atoms with Gasteiger partial charge in [0.1, 0.15) is 17.7 Å². The molecule has 2 aliphatic rings. The molecule has 1 aromatic rings. The molecular formula is C28H41BN4O6. The van der Waals surface area contributed by atoms with Gasteiger partial charge in [0, 0.05) is 31.5 Å². The van der Waals surface area contributed by atoms with Crippen LogP contribution in [0.2, 0.25) is 6.32 Å². The van der Waals surface area contributed by atoms with Crippen molar-refractivity contribution in [1.82, 2.24) is 15.1 Å². The van der Waals surface area contributed by atoms with Crippen LogP contribution in [0.5, 0.6) is 0 Å². The summed E-state index contributed by atoms with van der Waals surface area (Å²) in [5, 5.41) is 31.6. The van der Waals surface area contributed by atoms with E-state index in [1.165, 1.54) is 0 Å². The number of hydrogen-bond donors (Lipinski definition) is 3. The number of ether oxygens (including phenoxy) is 2. The quantitative estimate of drug-likeness (QED) is 0.260. The number of nitrogens with one attached hydrogen (secondary N) is 1. The first-order valence-corrected chi connectivity index (χ1v) is 13.7. The smallest absolute Gasteiger partial charge is 0.444 e. The lowest BCUT2D eigenvalue weighted by molar-refractivity contribution is -0.128. The fourth-order valence-electron chi connectivity index (χ4n) is 5.29. The van der Waals surface area contributed by atoms with Crippen molar-refractivity contribution in [2.45, 2.75) is 83.2 Å². The molecule has 212 valence electrons. The maximum Gasteiger partial charge on any atom is 0.453 e. The molecule has 0 spiro atoms. The third-order valence-corrected chi connectivity index (χ3v) is 7.21. The fraction of sp³-hybridized carbons (Fsp3) is 0.607. The summed E-state index contributed by atoms with van der Waals surface area (Å²) in [4.78, 5) is 30.1. The number of carbonyl (C=O) groups excluding carboxylic acids is 2. The molecule has 2 heterocycles. The zero-order valence-electron chi connectivity index (χ0n) is 23.4. The van der Waals surface area contributed by atoms with E-state index in [9.17, 15) is 24.9 Å². The first kappa shape index (κ1) is 30.6. The first-order chi connectivity index (χ1) is 18.5. The van der Waals surface area contributed by atoms with Crippen LogP contribution in [0, 0.1) is 11.3 Å². The zero-order valence-corrected chi connectivity index (χ0v) is 23.4. The minimum absolute atomic E-state index is 0.0550. The predicted molar refractivity (Wildman–Crippen MR) is 147 cm³/mol. The standard InChI is InChI=1S/C28H41BN4O6/c1-20-17-33(18-21(2)38-20)28(3,4)14-23(16-30)26(34)32-13-9-8-12-24(19-32)39-27(35)31-25(15-29(36)37)22-10-6-5-7-11-22/h5-7,10-11,14,20-21,24-25,36-37H,8-9,12-13,15,17-19H2,1-4H3,(H,31,35)/t20-,21+,24-,25-/m1/s1. The van der Waals surface area contributed by atoms with Gasteiger partial charge in [-0.2, -0.15) is 5.26 Å². The molecule has 0 saturated carbocycles. The molecule has 10 nitrogen and oxygen atoms in total. The number of alkyl carbamates (subject to hydrolysis) is 1. The summed E-state index contributed by atoms with van der Waals surface area (Å²) >= 11 is 0. The largest absolute Gasteiger partial charge is 0.453 e. The van der Waals surface area contributed by atoms with E-state index in [2.05, 4.69) is 16.3 Å². The van der Waals surface area contributed by atoms with Crippen LogP contribution in [-0.2, 0) is 14.3 Å². The lowest BCUT2D eigenvalue weighted by Gasteiger charge is -2.43. The van der Waals surface area contributed by atoms with E-state index in [0.717, 1.165) is 18.4 Å². The highest BCUT2D eigenvalue weighted by atomic mass is 16.6. The number of benzene rings is 1. The summed E-state index contributed by atoms with van der Waals surface area (Å²) in [5.74, 6) is -0.374. The average molecular weight is 540 g/mol. The van der Waals surface area contributed by atoms with Gasteiger partial charge >= 0.3 is 13.2 Å². The van der Waals surface area contributed by atoms with Crippen LogP contribution in [0.4, 0.5) is 4.79 Å². The molecule has 2 fully saturated rings. The number of nitriles is 1. The van der Waals surface area contributed by atoms with Crippen molar-refractivity contribution in [1.29, 1.82) is 5.26 Å². The van der Waals surface area contributed by atoms with Crippen LogP contribution in [0.15, 0.2) is 42.0 Å². The molecule has 2 amide bonds. The molecule has 1 aromatic carbocycles. The first-order valence-electron chi connectivity index (χ1n) is 13.7. The highest BCUT2D eigenvalue weighted by Gasteiger charge is 2.34. The van der Waals surface area contributed by atoms with Gasteiger partial charge in [-0.1, -0.05) is 30.3 Å². The van der Waals surface area contributed by atoms with E-state index in [-0.39, 0.29) is 36.6 Å². The number of nitrogens with zero attached hydrogens (tertiary/aromatic N) is 3. The maximum absolute atomic E-state index is 13.5. The van der Waals surface area contributed by atoms with Crippen LogP contribution in [-0.4, -0.2) is 89.0 Å². The van der Waals surface area contributed by atoms with Gasteiger partial charge in [-0.15, -0.1) is 0 Å². The Hall–Kier alpha value is -2.91. The normalized spacial score (nSPS) is 23.8. The summed E-state index contributed by atoms with van der Waals surface area (Å²) in [6.45, 7) is 10.1. The topological polar surface area (TPSA) is 135 Å². The fourth-order valence-corrected chi connectivity index (χ4v) is 5.29. The van der Waals surface area contributed by atoms with Crippen LogP contribution in [0.25, 0.3) is 0 Å². The van der Waals surface area contributed by atoms with Crippen molar-refractivity contribution in [3.63, 3.8) is 0 Å². The molecule has 0 bridgehead atoms. The molecule has 0 radical (unpaired) electrons. The van der Waals surface area contributed by atoms with Crippen molar-refractivity contribution < 1.29 is 29.1 Å². The Morgan fingerprint density at radius 2 is 1.87 bits per heavy atom. The number of likely N-dealkylation sites (tertiary alicyclic amines) is 1. The Kier molecular flexibility index (Phi) is 11.0. The van der Waals surface area contributed by atoms with Crippen LogP contribution in [0.3, 0.4) is 0 Å². The van der Waals surface area contributed by atoms with Crippen molar-refractivity contribution >= 4 is 19.1 Å². The van der Waals surface area contributed by atoms with Gasteiger partial charge in [0.05, 0.1) is 24.8 Å². The van der Waals surface area contributed by atoms with Gasteiger partial charge in [0.25, 0.3) is 5.91 Å². The van der Waals surface area contributed by atoms with Gasteiger partial charge in [-0.3, -0.25) is 9.69 Å². The summed E-state index contributed by atoms with van der Waals surface area (Å²) in [6.07, 6.45) is 2.57. The van der Waals surface area contributed by atoms with Crippen molar-refractivity contribution in [2.75, 3.05) is 26.2 Å². The SMILES string of the molecule is C[C@@H]1CN(C(C)(C)C=C(C#N)C(=O)N2CCCC[C@@H](OC(=O)N[C@H](CB(O)O)c3ccccc3)C2)C[C@H](C)O1. The molecule has 3 N–H and O–H groups in total. The Bertz CT molecular complexity index is 1030. The second-order valence-electron chi connectivity index (χ2n) is 11.1. The number of rotatable bonds is 8. The van der Waals surface area contributed by atoms with Gasteiger partial charge in [0.2, 0.25) is 0 Å². The predicted octanol–water partition coefficient (Wildman–Crippen LogP) is 2.65. The molecule has 11 heteroatoms. The van der Waals surface area contributed by atoms with E-state index in [4.69, 9.17) is 9.47 Å². The van der Waals surface area contributed by atoms with Gasteiger partial charge in [-0.05, 0) is 58.6 Å². The molecule has 0 unspecified atom stereocenters. The Morgan fingerprint density at radius 1 is 1.21 bits per heavy atom. The number of amides is 2. The third kappa shape index (κ3) is 9.07. The molecule has 2 saturated heterocycles. The minimum Gasteiger partial charge on any atom is -0.444 e. The number of carbonyl (C=O) groups is 2. The molecule has 0 aromatic heterocycles. The summed E-state index contributed by atoms with van der Waals surface area (Å²) < 4.78 is 11.5.